The third-order valence-corrected chi connectivity index (χ3v) is 2.35. The molecule has 6 heteroatoms. The van der Waals surface area contributed by atoms with Gasteiger partial charge in [0.1, 0.15) is 0 Å². The van der Waals surface area contributed by atoms with Crippen LogP contribution in [-0.4, -0.2) is 39.2 Å². The number of rotatable bonds is 6. The molecular weight excluding hydrogens is 228 g/mol. The molecule has 0 aliphatic heterocycles. The number of carbonyl (C=O) groups is 3. The van der Waals surface area contributed by atoms with Crippen LogP contribution in [0.3, 0.4) is 0 Å². The Labute approximate surface area is 100 Å². The van der Waals surface area contributed by atoms with Gasteiger partial charge in [-0.1, -0.05) is 6.92 Å². The maximum absolute atomic E-state index is 11.4. The highest BCUT2D eigenvalue weighted by Crippen LogP contribution is 2.18. The largest absolute Gasteiger partial charge is 0.469 e. The fourth-order valence-corrected chi connectivity index (χ4v) is 1.43. The minimum absolute atomic E-state index is 0.140. The fraction of sp³-hybridized carbons (Fsp3) is 0.727. The van der Waals surface area contributed by atoms with Gasteiger partial charge in [-0.05, 0) is 12.3 Å². The topological polar surface area (TPSA) is 78.9 Å². The second-order valence-electron chi connectivity index (χ2n) is 3.72. The van der Waals surface area contributed by atoms with Crippen LogP contribution < -0.4 is 0 Å². The SMILES string of the molecule is COC(=O)CC(C)CC(C(=O)OC)C(=O)OC. The number of esters is 3. The Kier molecular flexibility index (Phi) is 6.93. The van der Waals surface area contributed by atoms with E-state index in [1.165, 1.54) is 21.3 Å². The monoisotopic (exact) mass is 246 g/mol. The lowest BCUT2D eigenvalue weighted by Crippen LogP contribution is -2.28. The van der Waals surface area contributed by atoms with Gasteiger partial charge in [-0.15, -0.1) is 0 Å². The van der Waals surface area contributed by atoms with Gasteiger partial charge in [0.05, 0.1) is 21.3 Å². The predicted octanol–water partition coefficient (Wildman–Crippen LogP) is 0.538. The molecule has 0 bridgehead atoms. The molecule has 0 aromatic carbocycles. The van der Waals surface area contributed by atoms with Gasteiger partial charge in [0.15, 0.2) is 5.92 Å². The van der Waals surface area contributed by atoms with Crippen LogP contribution in [0.15, 0.2) is 0 Å². The Morgan fingerprint density at radius 2 is 1.41 bits per heavy atom. The van der Waals surface area contributed by atoms with Crippen molar-refractivity contribution in [1.82, 2.24) is 0 Å². The molecule has 0 amide bonds. The van der Waals surface area contributed by atoms with Crippen molar-refractivity contribution < 1.29 is 28.6 Å². The van der Waals surface area contributed by atoms with Gasteiger partial charge in [0, 0.05) is 6.42 Å². The summed E-state index contributed by atoms with van der Waals surface area (Å²) in [6.45, 7) is 1.75. The highest BCUT2D eigenvalue weighted by Gasteiger charge is 2.30. The summed E-state index contributed by atoms with van der Waals surface area (Å²) in [5, 5.41) is 0. The molecule has 0 radical (unpaired) electrons. The van der Waals surface area contributed by atoms with Gasteiger partial charge in [0.2, 0.25) is 0 Å². The number of methoxy groups -OCH3 is 3. The van der Waals surface area contributed by atoms with Gasteiger partial charge in [0.25, 0.3) is 0 Å². The van der Waals surface area contributed by atoms with Crippen molar-refractivity contribution in [1.29, 1.82) is 0 Å². The van der Waals surface area contributed by atoms with Gasteiger partial charge < -0.3 is 14.2 Å². The van der Waals surface area contributed by atoms with Gasteiger partial charge in [-0.3, -0.25) is 14.4 Å². The first kappa shape index (κ1) is 15.4. The lowest BCUT2D eigenvalue weighted by molar-refractivity contribution is -0.160. The Balaban J connectivity index is 4.48. The zero-order chi connectivity index (χ0) is 13.4. The Bertz CT molecular complexity index is 270. The van der Waals surface area contributed by atoms with Crippen LogP contribution >= 0.6 is 0 Å². The average Bonchev–Trinajstić information content (AvgIpc) is 2.33. The first-order chi connectivity index (χ1) is 7.96. The molecule has 98 valence electrons. The average molecular weight is 246 g/mol. The van der Waals surface area contributed by atoms with E-state index < -0.39 is 17.9 Å². The van der Waals surface area contributed by atoms with Gasteiger partial charge >= 0.3 is 17.9 Å². The summed E-state index contributed by atoms with van der Waals surface area (Å²) in [5.41, 5.74) is 0. The molecule has 6 nitrogen and oxygen atoms in total. The van der Waals surface area contributed by atoms with Crippen LogP contribution in [0.4, 0.5) is 0 Å². The smallest absolute Gasteiger partial charge is 0.320 e. The molecule has 0 rings (SSSR count). The summed E-state index contributed by atoms with van der Waals surface area (Å²) < 4.78 is 13.5. The van der Waals surface area contributed by atoms with Gasteiger partial charge in [-0.25, -0.2) is 0 Å². The number of ether oxygens (including phenoxy) is 3. The normalized spacial score (nSPS) is 11.8. The summed E-state index contributed by atoms with van der Waals surface area (Å²) in [7, 11) is 3.68. The molecule has 17 heavy (non-hydrogen) atoms. The first-order valence-corrected chi connectivity index (χ1v) is 5.18. The standard InChI is InChI=1S/C11H18O6/c1-7(6-9(12)15-2)5-8(10(13)16-3)11(14)17-4/h7-8H,5-6H2,1-4H3. The Morgan fingerprint density at radius 1 is 0.941 bits per heavy atom. The van der Waals surface area contributed by atoms with E-state index in [-0.39, 0.29) is 24.7 Å². The molecule has 0 aliphatic carbocycles. The molecule has 0 heterocycles. The highest BCUT2D eigenvalue weighted by atomic mass is 16.5. The number of carbonyl (C=O) groups excluding carboxylic acids is 3. The van der Waals surface area contributed by atoms with Crippen LogP contribution in [0.1, 0.15) is 19.8 Å². The minimum Gasteiger partial charge on any atom is -0.469 e. The Hall–Kier alpha value is -1.59. The molecule has 0 aliphatic rings. The molecule has 0 spiro atoms. The van der Waals surface area contributed by atoms with Crippen LogP contribution in [0.2, 0.25) is 0 Å². The molecule has 0 aromatic heterocycles. The summed E-state index contributed by atoms with van der Waals surface area (Å²) >= 11 is 0. The van der Waals surface area contributed by atoms with Crippen molar-refractivity contribution in [3.8, 4) is 0 Å². The third-order valence-electron chi connectivity index (χ3n) is 2.35. The lowest BCUT2D eigenvalue weighted by Gasteiger charge is -2.16. The quantitative estimate of drug-likeness (QED) is 0.386. The summed E-state index contributed by atoms with van der Waals surface area (Å²) in [6, 6.07) is 0. The number of hydrogen-bond donors (Lipinski definition) is 0. The van der Waals surface area contributed by atoms with E-state index in [4.69, 9.17) is 0 Å². The van der Waals surface area contributed by atoms with Crippen LogP contribution in [0, 0.1) is 11.8 Å². The third kappa shape index (κ3) is 5.33. The lowest BCUT2D eigenvalue weighted by atomic mass is 9.93. The van der Waals surface area contributed by atoms with Crippen molar-refractivity contribution in [2.24, 2.45) is 11.8 Å². The van der Waals surface area contributed by atoms with E-state index in [2.05, 4.69) is 14.2 Å². The van der Waals surface area contributed by atoms with Crippen molar-refractivity contribution in [2.45, 2.75) is 19.8 Å². The first-order valence-electron chi connectivity index (χ1n) is 5.18. The van der Waals surface area contributed by atoms with Crippen molar-refractivity contribution in [2.75, 3.05) is 21.3 Å². The molecule has 0 N–H and O–H groups in total. The minimum atomic E-state index is -0.996. The molecule has 1 unspecified atom stereocenters. The van der Waals surface area contributed by atoms with Crippen molar-refractivity contribution in [3.05, 3.63) is 0 Å². The van der Waals surface area contributed by atoms with E-state index in [9.17, 15) is 14.4 Å². The summed E-state index contributed by atoms with van der Waals surface area (Å²) in [5.74, 6) is -2.87. The fourth-order valence-electron chi connectivity index (χ4n) is 1.43. The van der Waals surface area contributed by atoms with E-state index in [0.29, 0.717) is 0 Å². The second-order valence-corrected chi connectivity index (χ2v) is 3.72. The van der Waals surface area contributed by atoms with Crippen LogP contribution in [0.25, 0.3) is 0 Å². The highest BCUT2D eigenvalue weighted by molar-refractivity contribution is 5.94. The van der Waals surface area contributed by atoms with E-state index >= 15 is 0 Å². The maximum atomic E-state index is 11.4. The molecule has 0 fully saturated rings. The van der Waals surface area contributed by atoms with Crippen molar-refractivity contribution >= 4 is 17.9 Å². The zero-order valence-electron chi connectivity index (χ0n) is 10.5. The van der Waals surface area contributed by atoms with Crippen molar-refractivity contribution in [3.63, 3.8) is 0 Å². The second kappa shape index (κ2) is 7.65. The zero-order valence-corrected chi connectivity index (χ0v) is 10.5. The predicted molar refractivity (Wildman–Crippen MR) is 57.9 cm³/mol. The summed E-state index contributed by atoms with van der Waals surface area (Å²) in [4.78, 5) is 33.8. The molecule has 1 atom stereocenters. The number of hydrogen-bond acceptors (Lipinski definition) is 6. The maximum Gasteiger partial charge on any atom is 0.320 e. The van der Waals surface area contributed by atoms with E-state index in [1.54, 1.807) is 6.92 Å². The van der Waals surface area contributed by atoms with E-state index in [1.807, 2.05) is 0 Å². The summed E-state index contributed by atoms with van der Waals surface area (Å²) in [6.07, 6.45) is 0.329. The molecular formula is C11H18O6. The van der Waals surface area contributed by atoms with Gasteiger partial charge in [-0.2, -0.15) is 0 Å². The van der Waals surface area contributed by atoms with Crippen LogP contribution in [0.5, 0.6) is 0 Å². The molecule has 0 saturated heterocycles. The molecule has 0 aromatic rings. The molecule has 0 saturated carbocycles. The Morgan fingerprint density at radius 3 is 1.76 bits per heavy atom. The van der Waals surface area contributed by atoms with E-state index in [0.717, 1.165) is 0 Å². The van der Waals surface area contributed by atoms with Crippen LogP contribution in [-0.2, 0) is 28.6 Å².